The Morgan fingerprint density at radius 2 is 1.94 bits per heavy atom. The Hall–Kier alpha value is -2.60. The van der Waals surface area contributed by atoms with Crippen LogP contribution in [0.2, 0.25) is 0 Å². The number of carbonyl (C=O) groups excluding carboxylic acids is 2. The summed E-state index contributed by atoms with van der Waals surface area (Å²) in [6, 6.07) is 6.16. The van der Waals surface area contributed by atoms with Crippen molar-refractivity contribution in [3.8, 4) is 0 Å². The molecule has 1 aliphatic rings. The molecular formula is C25H30N2O3S. The summed E-state index contributed by atoms with van der Waals surface area (Å²) in [5.74, 6) is -0.228. The first kappa shape index (κ1) is 21.6. The number of amides is 2. The minimum Gasteiger partial charge on any atom is -0.464 e. The van der Waals surface area contributed by atoms with Crippen molar-refractivity contribution in [2.75, 3.05) is 11.9 Å². The molecule has 1 aromatic carbocycles. The molecule has 31 heavy (non-hydrogen) atoms. The number of anilines is 1. The van der Waals surface area contributed by atoms with Crippen molar-refractivity contribution >= 4 is 39.1 Å². The van der Waals surface area contributed by atoms with Gasteiger partial charge >= 0.3 is 0 Å². The van der Waals surface area contributed by atoms with Crippen LogP contribution in [0.25, 0.3) is 11.0 Å². The molecule has 6 heteroatoms. The number of hydrogen-bond donors (Lipinski definition) is 2. The maximum atomic E-state index is 13.0. The molecule has 164 valence electrons. The highest BCUT2D eigenvalue weighted by atomic mass is 32.1. The number of benzene rings is 1. The van der Waals surface area contributed by atoms with Crippen molar-refractivity contribution in [3.05, 3.63) is 51.6 Å². The fourth-order valence-electron chi connectivity index (χ4n) is 4.17. The Bertz CT molecular complexity index is 1130. The molecule has 1 aliphatic carbocycles. The van der Waals surface area contributed by atoms with Crippen molar-refractivity contribution in [1.82, 2.24) is 5.32 Å². The van der Waals surface area contributed by atoms with E-state index in [1.807, 2.05) is 13.0 Å². The van der Waals surface area contributed by atoms with Crippen LogP contribution in [-0.2, 0) is 29.5 Å². The standard InChI is InChI=1S/C25H30N2O3S/c1-5-26-23(29)22-17-8-6-7-9-20(17)31-24(22)27-21(28)12-15-14-30-19-11-10-16(13-18(15)19)25(2,3)4/h10-11,13-14H,5-9,12H2,1-4H3,(H,26,29)(H,27,28). The van der Waals surface area contributed by atoms with E-state index in [9.17, 15) is 9.59 Å². The summed E-state index contributed by atoms with van der Waals surface area (Å²) < 4.78 is 5.69. The lowest BCUT2D eigenvalue weighted by Gasteiger charge is -2.18. The van der Waals surface area contributed by atoms with Gasteiger partial charge in [0.15, 0.2) is 0 Å². The Kier molecular flexibility index (Phi) is 5.93. The maximum absolute atomic E-state index is 13.0. The van der Waals surface area contributed by atoms with Gasteiger partial charge in [-0.05, 0) is 61.3 Å². The summed E-state index contributed by atoms with van der Waals surface area (Å²) in [7, 11) is 0. The zero-order chi connectivity index (χ0) is 22.2. The third-order valence-corrected chi connectivity index (χ3v) is 7.07. The molecule has 0 unspecified atom stereocenters. The Labute approximate surface area is 187 Å². The lowest BCUT2D eigenvalue weighted by atomic mass is 9.86. The fourth-order valence-corrected chi connectivity index (χ4v) is 5.48. The van der Waals surface area contributed by atoms with Crippen molar-refractivity contribution in [1.29, 1.82) is 0 Å². The summed E-state index contributed by atoms with van der Waals surface area (Å²) in [5, 5.41) is 7.58. The molecular weight excluding hydrogens is 408 g/mol. The highest BCUT2D eigenvalue weighted by Crippen LogP contribution is 2.38. The number of aryl methyl sites for hydroxylation is 1. The number of carbonyl (C=O) groups is 2. The molecule has 4 rings (SSSR count). The summed E-state index contributed by atoms with van der Waals surface area (Å²) in [4.78, 5) is 26.9. The second-order valence-electron chi connectivity index (χ2n) is 9.22. The van der Waals surface area contributed by atoms with E-state index in [-0.39, 0.29) is 23.7 Å². The summed E-state index contributed by atoms with van der Waals surface area (Å²) in [6.45, 7) is 8.98. The zero-order valence-electron chi connectivity index (χ0n) is 18.7. The molecule has 5 nitrogen and oxygen atoms in total. The molecule has 0 saturated carbocycles. The number of nitrogens with one attached hydrogen (secondary N) is 2. The van der Waals surface area contributed by atoms with E-state index in [4.69, 9.17) is 4.42 Å². The lowest BCUT2D eigenvalue weighted by molar-refractivity contribution is -0.115. The van der Waals surface area contributed by atoms with Crippen LogP contribution >= 0.6 is 11.3 Å². The van der Waals surface area contributed by atoms with E-state index in [1.165, 1.54) is 10.4 Å². The quantitative estimate of drug-likeness (QED) is 0.544. The minimum absolute atomic E-state index is 0.0164. The van der Waals surface area contributed by atoms with Crippen LogP contribution in [0.3, 0.4) is 0 Å². The average Bonchev–Trinajstić information content (AvgIpc) is 3.28. The average molecular weight is 439 g/mol. The van der Waals surface area contributed by atoms with Gasteiger partial charge in [-0.25, -0.2) is 0 Å². The monoisotopic (exact) mass is 438 g/mol. The lowest BCUT2D eigenvalue weighted by Crippen LogP contribution is -2.25. The van der Waals surface area contributed by atoms with Gasteiger partial charge in [-0.15, -0.1) is 11.3 Å². The first-order valence-corrected chi connectivity index (χ1v) is 11.8. The highest BCUT2D eigenvalue weighted by molar-refractivity contribution is 7.17. The van der Waals surface area contributed by atoms with Crippen LogP contribution in [0.5, 0.6) is 0 Å². The van der Waals surface area contributed by atoms with Crippen molar-refractivity contribution in [2.45, 2.75) is 65.2 Å². The third-order valence-electron chi connectivity index (χ3n) is 5.86. The minimum atomic E-state index is -0.131. The van der Waals surface area contributed by atoms with Gasteiger partial charge in [0.05, 0.1) is 18.2 Å². The van der Waals surface area contributed by atoms with Gasteiger partial charge < -0.3 is 15.1 Å². The van der Waals surface area contributed by atoms with E-state index >= 15 is 0 Å². The molecule has 0 fully saturated rings. The molecule has 2 N–H and O–H groups in total. The van der Waals surface area contributed by atoms with Gasteiger partial charge in [-0.1, -0.05) is 26.8 Å². The second-order valence-corrected chi connectivity index (χ2v) is 10.3. The van der Waals surface area contributed by atoms with Crippen LogP contribution in [0.1, 0.15) is 72.5 Å². The second kappa shape index (κ2) is 8.50. The predicted octanol–water partition coefficient (Wildman–Crippen LogP) is 5.60. The number of rotatable bonds is 5. The first-order chi connectivity index (χ1) is 14.8. The number of fused-ring (bicyclic) bond motifs is 2. The van der Waals surface area contributed by atoms with Gasteiger partial charge in [-0.2, -0.15) is 0 Å². The van der Waals surface area contributed by atoms with Crippen LogP contribution < -0.4 is 10.6 Å². The van der Waals surface area contributed by atoms with Gasteiger partial charge in [0.2, 0.25) is 5.91 Å². The Morgan fingerprint density at radius 3 is 2.68 bits per heavy atom. The van der Waals surface area contributed by atoms with Crippen LogP contribution in [-0.4, -0.2) is 18.4 Å². The summed E-state index contributed by atoms with van der Waals surface area (Å²) >= 11 is 1.55. The normalized spacial score (nSPS) is 13.8. The van der Waals surface area contributed by atoms with E-state index in [1.54, 1.807) is 17.6 Å². The maximum Gasteiger partial charge on any atom is 0.254 e. The van der Waals surface area contributed by atoms with Gasteiger partial charge in [-0.3, -0.25) is 9.59 Å². The fraction of sp³-hybridized carbons (Fsp3) is 0.440. The van der Waals surface area contributed by atoms with Crippen molar-refractivity contribution in [3.63, 3.8) is 0 Å². The van der Waals surface area contributed by atoms with E-state index in [0.29, 0.717) is 17.1 Å². The van der Waals surface area contributed by atoms with Gasteiger partial charge in [0.25, 0.3) is 5.91 Å². The molecule has 0 spiro atoms. The Balaban J connectivity index is 1.60. The number of thiophene rings is 1. The first-order valence-electron chi connectivity index (χ1n) is 11.0. The molecule has 2 heterocycles. The highest BCUT2D eigenvalue weighted by Gasteiger charge is 2.26. The molecule has 0 radical (unpaired) electrons. The molecule has 0 bridgehead atoms. The predicted molar refractivity (Wildman–Crippen MR) is 126 cm³/mol. The molecule has 2 amide bonds. The summed E-state index contributed by atoms with van der Waals surface area (Å²) in [5.41, 5.74) is 4.63. The van der Waals surface area contributed by atoms with Gasteiger partial charge in [0, 0.05) is 22.4 Å². The largest absolute Gasteiger partial charge is 0.464 e. The van der Waals surface area contributed by atoms with Crippen LogP contribution in [0.4, 0.5) is 5.00 Å². The summed E-state index contributed by atoms with van der Waals surface area (Å²) in [6.07, 6.45) is 5.96. The van der Waals surface area contributed by atoms with Crippen LogP contribution in [0, 0.1) is 0 Å². The van der Waals surface area contributed by atoms with E-state index in [2.05, 4.69) is 43.5 Å². The van der Waals surface area contributed by atoms with E-state index < -0.39 is 0 Å². The Morgan fingerprint density at radius 1 is 1.16 bits per heavy atom. The zero-order valence-corrected chi connectivity index (χ0v) is 19.5. The van der Waals surface area contributed by atoms with Crippen molar-refractivity contribution in [2.24, 2.45) is 0 Å². The van der Waals surface area contributed by atoms with Gasteiger partial charge in [0.1, 0.15) is 10.6 Å². The topological polar surface area (TPSA) is 71.3 Å². The van der Waals surface area contributed by atoms with E-state index in [0.717, 1.165) is 47.8 Å². The number of furan rings is 1. The van der Waals surface area contributed by atoms with Crippen molar-refractivity contribution < 1.29 is 14.0 Å². The smallest absolute Gasteiger partial charge is 0.254 e. The molecule has 3 aromatic rings. The SMILES string of the molecule is CCNC(=O)c1c(NC(=O)Cc2coc3ccc(C(C)(C)C)cc23)sc2c1CCCC2. The molecule has 0 atom stereocenters. The third kappa shape index (κ3) is 4.40. The molecule has 0 aliphatic heterocycles. The number of hydrogen-bond acceptors (Lipinski definition) is 4. The molecule has 0 saturated heterocycles. The van der Waals surface area contributed by atoms with Crippen LogP contribution in [0.15, 0.2) is 28.9 Å². The molecule has 2 aromatic heterocycles.